The van der Waals surface area contributed by atoms with E-state index in [1.165, 1.54) is 31.4 Å². The molecule has 0 bridgehead atoms. The Labute approximate surface area is 151 Å². The fourth-order valence-electron chi connectivity index (χ4n) is 2.38. The van der Waals surface area contributed by atoms with Gasteiger partial charge in [-0.05, 0) is 44.5 Å². The minimum Gasteiger partial charge on any atom is -0.508 e. The number of amides is 1. The molecule has 0 heterocycles. The molecule has 0 saturated heterocycles. The first-order chi connectivity index (χ1) is 12.1. The number of carbonyl (C=O) groups excluding carboxylic acids is 1. The van der Waals surface area contributed by atoms with Gasteiger partial charge in [-0.25, -0.2) is 0 Å². The second kappa shape index (κ2) is 12.2. The van der Waals surface area contributed by atoms with Gasteiger partial charge in [0.25, 0.3) is 5.91 Å². The van der Waals surface area contributed by atoms with E-state index in [9.17, 15) is 9.90 Å². The van der Waals surface area contributed by atoms with E-state index in [2.05, 4.69) is 34.8 Å². The van der Waals surface area contributed by atoms with Crippen molar-refractivity contribution in [3.63, 3.8) is 0 Å². The first-order valence-electron chi connectivity index (χ1n) is 9.18. The van der Waals surface area contributed by atoms with E-state index in [4.69, 9.17) is 0 Å². The van der Waals surface area contributed by atoms with Crippen molar-refractivity contribution < 1.29 is 9.90 Å². The maximum atomic E-state index is 12.0. The van der Waals surface area contributed by atoms with Crippen LogP contribution in [0.15, 0.2) is 29.3 Å². The molecule has 0 spiro atoms. The Balaban J connectivity index is 2.38. The van der Waals surface area contributed by atoms with Crippen molar-refractivity contribution in [2.75, 3.05) is 19.6 Å². The zero-order valence-corrected chi connectivity index (χ0v) is 15.6. The molecule has 0 aliphatic rings. The third kappa shape index (κ3) is 8.98. The molecule has 0 radical (unpaired) electrons. The van der Waals surface area contributed by atoms with Crippen LogP contribution in [0.1, 0.15) is 56.8 Å². The quantitative estimate of drug-likeness (QED) is 0.297. The van der Waals surface area contributed by atoms with Crippen LogP contribution in [0.25, 0.3) is 0 Å². The van der Waals surface area contributed by atoms with Crippen molar-refractivity contribution in [3.8, 4) is 5.75 Å². The summed E-state index contributed by atoms with van der Waals surface area (Å²) in [5, 5.41) is 18.7. The maximum Gasteiger partial charge on any atom is 0.251 e. The Hall–Kier alpha value is -2.24. The van der Waals surface area contributed by atoms with Gasteiger partial charge in [0.15, 0.2) is 5.96 Å². The second-order valence-electron chi connectivity index (χ2n) is 6.10. The molecule has 1 atom stereocenters. The Kier molecular flexibility index (Phi) is 10.1. The van der Waals surface area contributed by atoms with Gasteiger partial charge >= 0.3 is 0 Å². The molecule has 1 aromatic carbocycles. The fourth-order valence-corrected chi connectivity index (χ4v) is 2.38. The van der Waals surface area contributed by atoms with E-state index in [0.717, 1.165) is 18.9 Å². The topological polar surface area (TPSA) is 85.8 Å². The molecule has 6 heteroatoms. The minimum absolute atomic E-state index is 0.149. The Morgan fingerprint density at radius 2 is 1.88 bits per heavy atom. The van der Waals surface area contributed by atoms with Gasteiger partial charge in [-0.3, -0.25) is 9.79 Å². The first-order valence-corrected chi connectivity index (χ1v) is 9.18. The lowest BCUT2D eigenvalue weighted by Crippen LogP contribution is -2.42. The predicted octanol–water partition coefficient (Wildman–Crippen LogP) is 2.65. The van der Waals surface area contributed by atoms with Crippen LogP contribution in [0.3, 0.4) is 0 Å². The number of guanidine groups is 1. The lowest BCUT2D eigenvalue weighted by atomic mass is 10.1. The monoisotopic (exact) mass is 348 g/mol. The average molecular weight is 348 g/mol. The molecular weight excluding hydrogens is 316 g/mol. The normalized spacial score (nSPS) is 12.5. The predicted molar refractivity (Wildman–Crippen MR) is 103 cm³/mol. The van der Waals surface area contributed by atoms with Crippen LogP contribution in [-0.4, -0.2) is 42.6 Å². The lowest BCUT2D eigenvalue weighted by Gasteiger charge is -2.17. The van der Waals surface area contributed by atoms with E-state index in [0.29, 0.717) is 24.7 Å². The second-order valence-corrected chi connectivity index (χ2v) is 6.10. The van der Waals surface area contributed by atoms with Gasteiger partial charge in [0.05, 0.1) is 6.54 Å². The number of nitrogens with one attached hydrogen (secondary N) is 3. The zero-order valence-electron chi connectivity index (χ0n) is 15.6. The summed E-state index contributed by atoms with van der Waals surface area (Å²) in [6.07, 6.45) is 4.81. The first kappa shape index (κ1) is 20.8. The highest BCUT2D eigenvalue weighted by molar-refractivity contribution is 5.94. The number of rotatable bonds is 10. The van der Waals surface area contributed by atoms with Crippen molar-refractivity contribution in [1.82, 2.24) is 16.0 Å². The van der Waals surface area contributed by atoms with Crippen molar-refractivity contribution in [1.29, 1.82) is 0 Å². The van der Waals surface area contributed by atoms with Gasteiger partial charge < -0.3 is 21.1 Å². The summed E-state index contributed by atoms with van der Waals surface area (Å²) in [6, 6.07) is 6.56. The highest BCUT2D eigenvalue weighted by Gasteiger charge is 2.06. The number of carbonyl (C=O) groups is 1. The van der Waals surface area contributed by atoms with E-state index >= 15 is 0 Å². The molecule has 0 saturated carbocycles. The summed E-state index contributed by atoms with van der Waals surface area (Å²) >= 11 is 0. The van der Waals surface area contributed by atoms with Crippen LogP contribution in [0.5, 0.6) is 5.75 Å². The van der Waals surface area contributed by atoms with Crippen molar-refractivity contribution in [2.24, 2.45) is 4.99 Å². The summed E-state index contributed by atoms with van der Waals surface area (Å²) in [6.45, 7) is 8.16. The Morgan fingerprint density at radius 1 is 1.16 bits per heavy atom. The molecule has 1 amide bonds. The maximum absolute atomic E-state index is 12.0. The molecule has 25 heavy (non-hydrogen) atoms. The minimum atomic E-state index is -0.166. The number of phenols is 1. The highest BCUT2D eigenvalue weighted by Crippen LogP contribution is 2.09. The van der Waals surface area contributed by atoms with Crippen LogP contribution in [0, 0.1) is 0 Å². The Bertz CT molecular complexity index is 529. The number of phenolic OH excluding ortho intramolecular Hbond substituents is 1. The summed E-state index contributed by atoms with van der Waals surface area (Å²) in [4.78, 5) is 16.5. The molecule has 4 N–H and O–H groups in total. The van der Waals surface area contributed by atoms with Crippen LogP contribution >= 0.6 is 0 Å². The number of aromatic hydroxyl groups is 1. The third-order valence-corrected chi connectivity index (χ3v) is 3.76. The van der Waals surface area contributed by atoms with Crippen molar-refractivity contribution in [2.45, 2.75) is 52.5 Å². The highest BCUT2D eigenvalue weighted by atomic mass is 16.3. The molecule has 0 aromatic heterocycles. The number of aliphatic imine (C=N–C) groups is 1. The third-order valence-electron chi connectivity index (χ3n) is 3.76. The molecule has 0 aliphatic heterocycles. The summed E-state index contributed by atoms with van der Waals surface area (Å²) < 4.78 is 0. The summed E-state index contributed by atoms with van der Waals surface area (Å²) in [7, 11) is 0. The lowest BCUT2D eigenvalue weighted by molar-refractivity contribution is 0.0955. The van der Waals surface area contributed by atoms with Crippen LogP contribution in [0.2, 0.25) is 0 Å². The smallest absolute Gasteiger partial charge is 0.251 e. The van der Waals surface area contributed by atoms with Gasteiger partial charge in [-0.15, -0.1) is 0 Å². The molecule has 1 aromatic rings. The molecule has 1 unspecified atom stereocenters. The van der Waals surface area contributed by atoms with E-state index in [1.54, 1.807) is 12.1 Å². The number of benzene rings is 1. The number of nitrogens with zero attached hydrogens (tertiary/aromatic N) is 1. The molecule has 0 aliphatic carbocycles. The zero-order chi connectivity index (χ0) is 18.5. The molecule has 6 nitrogen and oxygen atoms in total. The summed E-state index contributed by atoms with van der Waals surface area (Å²) in [5.74, 6) is 0.766. The van der Waals surface area contributed by atoms with Gasteiger partial charge in [0.1, 0.15) is 5.75 Å². The number of unbranched alkanes of at least 4 members (excludes halogenated alkanes) is 2. The van der Waals surface area contributed by atoms with Gasteiger partial charge in [-0.2, -0.15) is 0 Å². The van der Waals surface area contributed by atoms with E-state index in [1.807, 2.05) is 6.92 Å². The van der Waals surface area contributed by atoms with Crippen molar-refractivity contribution in [3.05, 3.63) is 29.8 Å². The van der Waals surface area contributed by atoms with E-state index in [-0.39, 0.29) is 11.7 Å². The number of hydrogen-bond donors (Lipinski definition) is 4. The number of hydrogen-bond acceptors (Lipinski definition) is 3. The standard InChI is InChI=1S/C19H32N4O2/c1-4-6-7-8-15(3)23-19(20-5-2)22-14-13-21-18(25)16-9-11-17(24)12-10-16/h9-12,15,24H,4-8,13-14H2,1-3H3,(H,21,25)(H2,20,22,23). The van der Waals surface area contributed by atoms with Gasteiger partial charge in [-0.1, -0.05) is 26.2 Å². The molecule has 140 valence electrons. The van der Waals surface area contributed by atoms with Crippen molar-refractivity contribution >= 4 is 11.9 Å². The van der Waals surface area contributed by atoms with Crippen LogP contribution < -0.4 is 16.0 Å². The van der Waals surface area contributed by atoms with Gasteiger partial charge in [0, 0.05) is 24.7 Å². The van der Waals surface area contributed by atoms with Gasteiger partial charge in [0.2, 0.25) is 0 Å². The largest absolute Gasteiger partial charge is 0.508 e. The average Bonchev–Trinajstić information content (AvgIpc) is 2.59. The SMILES string of the molecule is CCCCCC(C)NC(=NCCNC(=O)c1ccc(O)cc1)NCC. The van der Waals surface area contributed by atoms with Crippen LogP contribution in [-0.2, 0) is 0 Å². The van der Waals surface area contributed by atoms with E-state index < -0.39 is 0 Å². The Morgan fingerprint density at radius 3 is 2.52 bits per heavy atom. The van der Waals surface area contributed by atoms with Crippen LogP contribution in [0.4, 0.5) is 0 Å². The summed E-state index contributed by atoms with van der Waals surface area (Å²) in [5.41, 5.74) is 0.524. The fraction of sp³-hybridized carbons (Fsp3) is 0.579. The molecule has 0 fully saturated rings. The molecular formula is C19H32N4O2. The molecule has 1 rings (SSSR count).